The van der Waals surface area contributed by atoms with E-state index in [-0.39, 0.29) is 5.95 Å². The quantitative estimate of drug-likeness (QED) is 0.489. The Labute approximate surface area is 146 Å². The highest BCUT2D eigenvalue weighted by Crippen LogP contribution is 2.37. The highest BCUT2D eigenvalue weighted by atomic mass is 79.9. The number of hydrogen-bond donors (Lipinski definition) is 1. The summed E-state index contributed by atoms with van der Waals surface area (Å²) in [6.45, 7) is 0. The van der Waals surface area contributed by atoms with Crippen LogP contribution in [-0.4, -0.2) is 9.55 Å². The van der Waals surface area contributed by atoms with Crippen LogP contribution in [-0.2, 0) is 0 Å². The third-order valence-corrected chi connectivity index (χ3v) is 5.35. The van der Waals surface area contributed by atoms with Gasteiger partial charge < -0.3 is 5.73 Å². The van der Waals surface area contributed by atoms with Crippen molar-refractivity contribution in [1.29, 1.82) is 0 Å². The molecule has 0 bridgehead atoms. The van der Waals surface area contributed by atoms with E-state index in [1.165, 1.54) is 6.07 Å². The maximum Gasteiger partial charge on any atom is 0.205 e. The van der Waals surface area contributed by atoms with E-state index in [9.17, 15) is 4.39 Å². The fourth-order valence-corrected chi connectivity index (χ4v) is 3.22. The molecular weight excluding hydrogens is 448 g/mol. The Hall–Kier alpha value is -0.820. The molecular formula is C13H6Br2Cl2FN3. The van der Waals surface area contributed by atoms with Gasteiger partial charge in [0.15, 0.2) is 0 Å². The number of hydrogen-bond acceptors (Lipinski definition) is 2. The normalized spacial score (nSPS) is 11.3. The van der Waals surface area contributed by atoms with E-state index in [0.29, 0.717) is 35.7 Å². The molecule has 0 radical (unpaired) electrons. The van der Waals surface area contributed by atoms with E-state index in [0.717, 1.165) is 0 Å². The van der Waals surface area contributed by atoms with Crippen molar-refractivity contribution in [2.45, 2.75) is 0 Å². The highest BCUT2D eigenvalue weighted by Gasteiger charge is 2.17. The van der Waals surface area contributed by atoms with Gasteiger partial charge in [-0.05, 0) is 50.1 Å². The van der Waals surface area contributed by atoms with Crippen molar-refractivity contribution in [3.8, 4) is 5.69 Å². The Balaban J connectivity index is 2.38. The van der Waals surface area contributed by atoms with Crippen molar-refractivity contribution in [3.63, 3.8) is 0 Å². The number of imidazole rings is 1. The highest BCUT2D eigenvalue weighted by molar-refractivity contribution is 9.10. The number of nitrogen functional groups attached to an aromatic ring is 1. The smallest absolute Gasteiger partial charge is 0.205 e. The van der Waals surface area contributed by atoms with Crippen molar-refractivity contribution in [2.24, 2.45) is 0 Å². The fourth-order valence-electron chi connectivity index (χ4n) is 2.03. The first-order chi connectivity index (χ1) is 9.90. The summed E-state index contributed by atoms with van der Waals surface area (Å²) >= 11 is 18.9. The molecule has 0 saturated carbocycles. The summed E-state index contributed by atoms with van der Waals surface area (Å²) in [7, 11) is 0. The SMILES string of the molecule is Nc1nc2cc(F)c(Br)cc2n1-c1ccc(Br)c(Cl)c1Cl. The maximum atomic E-state index is 13.6. The van der Waals surface area contributed by atoms with Gasteiger partial charge in [0.25, 0.3) is 0 Å². The summed E-state index contributed by atoms with van der Waals surface area (Å²) in [6.07, 6.45) is 0. The Kier molecular flexibility index (Phi) is 3.90. The Morgan fingerprint density at radius 3 is 2.52 bits per heavy atom. The minimum atomic E-state index is -0.410. The van der Waals surface area contributed by atoms with Crippen LogP contribution in [0.2, 0.25) is 10.0 Å². The standard InChI is InChI=1S/C13H6Br2Cl2FN3/c14-5-1-2-9(12(17)11(5)16)21-10-3-6(15)7(18)4-8(10)20-13(21)19/h1-4H,(H2,19,20). The van der Waals surface area contributed by atoms with Gasteiger partial charge in [-0.3, -0.25) is 4.57 Å². The number of halogens is 5. The molecule has 21 heavy (non-hydrogen) atoms. The average molecular weight is 454 g/mol. The monoisotopic (exact) mass is 451 g/mol. The van der Waals surface area contributed by atoms with Crippen molar-refractivity contribution >= 4 is 72.0 Å². The van der Waals surface area contributed by atoms with E-state index in [1.807, 2.05) is 0 Å². The van der Waals surface area contributed by atoms with Gasteiger partial charge >= 0.3 is 0 Å². The minimum Gasteiger partial charge on any atom is -0.369 e. The van der Waals surface area contributed by atoms with Gasteiger partial charge in [0.2, 0.25) is 5.95 Å². The van der Waals surface area contributed by atoms with Gasteiger partial charge in [0.1, 0.15) is 5.82 Å². The molecule has 1 aromatic heterocycles. The van der Waals surface area contributed by atoms with Crippen LogP contribution in [0.4, 0.5) is 10.3 Å². The minimum absolute atomic E-state index is 0.197. The van der Waals surface area contributed by atoms with E-state index >= 15 is 0 Å². The van der Waals surface area contributed by atoms with Crippen molar-refractivity contribution in [1.82, 2.24) is 9.55 Å². The Morgan fingerprint density at radius 1 is 1.10 bits per heavy atom. The lowest BCUT2D eigenvalue weighted by Crippen LogP contribution is -2.01. The molecule has 8 heteroatoms. The second-order valence-electron chi connectivity index (χ2n) is 4.25. The third-order valence-electron chi connectivity index (χ3n) is 2.98. The first-order valence-electron chi connectivity index (χ1n) is 5.67. The second-order valence-corrected chi connectivity index (χ2v) is 6.72. The predicted molar refractivity (Wildman–Crippen MR) is 90.9 cm³/mol. The molecule has 2 N–H and O–H groups in total. The first kappa shape index (κ1) is 15.1. The van der Waals surface area contributed by atoms with Crippen molar-refractivity contribution in [3.05, 3.63) is 49.1 Å². The van der Waals surface area contributed by atoms with Gasteiger partial charge in [-0.1, -0.05) is 23.2 Å². The molecule has 108 valence electrons. The molecule has 3 nitrogen and oxygen atoms in total. The molecule has 2 aromatic carbocycles. The number of nitrogens with zero attached hydrogens (tertiary/aromatic N) is 2. The van der Waals surface area contributed by atoms with Crippen molar-refractivity contribution < 1.29 is 4.39 Å². The topological polar surface area (TPSA) is 43.8 Å². The van der Waals surface area contributed by atoms with E-state index in [4.69, 9.17) is 28.9 Å². The van der Waals surface area contributed by atoms with Gasteiger partial charge in [0, 0.05) is 10.5 Å². The number of anilines is 1. The van der Waals surface area contributed by atoms with Crippen LogP contribution in [0.3, 0.4) is 0 Å². The lowest BCUT2D eigenvalue weighted by molar-refractivity contribution is 0.623. The molecule has 0 unspecified atom stereocenters. The molecule has 0 spiro atoms. The van der Waals surface area contributed by atoms with Gasteiger partial charge in [-0.25, -0.2) is 9.37 Å². The van der Waals surface area contributed by atoms with Gasteiger partial charge in [-0.15, -0.1) is 0 Å². The van der Waals surface area contributed by atoms with Crippen molar-refractivity contribution in [2.75, 3.05) is 5.73 Å². The number of fused-ring (bicyclic) bond motifs is 1. The zero-order chi connectivity index (χ0) is 15.3. The van der Waals surface area contributed by atoms with Crippen LogP contribution in [0.25, 0.3) is 16.7 Å². The van der Waals surface area contributed by atoms with E-state index in [1.54, 1.807) is 22.8 Å². The van der Waals surface area contributed by atoms with Crippen LogP contribution in [0.5, 0.6) is 0 Å². The zero-order valence-electron chi connectivity index (χ0n) is 10.2. The van der Waals surface area contributed by atoms with Crippen LogP contribution in [0.1, 0.15) is 0 Å². The van der Waals surface area contributed by atoms with Crippen LogP contribution < -0.4 is 5.73 Å². The first-order valence-corrected chi connectivity index (χ1v) is 8.01. The summed E-state index contributed by atoms with van der Waals surface area (Å²) in [4.78, 5) is 4.15. The third kappa shape index (κ3) is 2.44. The summed E-state index contributed by atoms with van der Waals surface area (Å²) in [6, 6.07) is 6.42. The van der Waals surface area contributed by atoms with Crippen LogP contribution >= 0.6 is 55.1 Å². The lowest BCUT2D eigenvalue weighted by atomic mass is 10.2. The lowest BCUT2D eigenvalue weighted by Gasteiger charge is -2.11. The zero-order valence-corrected chi connectivity index (χ0v) is 14.9. The summed E-state index contributed by atoms with van der Waals surface area (Å²) in [5.74, 6) is -0.213. The molecule has 0 aliphatic rings. The largest absolute Gasteiger partial charge is 0.369 e. The van der Waals surface area contributed by atoms with E-state index in [2.05, 4.69) is 36.8 Å². The number of aromatic nitrogens is 2. The van der Waals surface area contributed by atoms with Gasteiger partial charge in [0.05, 0.1) is 31.2 Å². The molecule has 0 atom stereocenters. The molecule has 3 rings (SSSR count). The molecule has 1 heterocycles. The summed E-state index contributed by atoms with van der Waals surface area (Å²) in [5, 5.41) is 0.703. The summed E-state index contributed by atoms with van der Waals surface area (Å²) in [5.41, 5.74) is 7.58. The molecule has 0 aliphatic carbocycles. The number of nitrogens with two attached hydrogens (primary N) is 1. The molecule has 0 aliphatic heterocycles. The van der Waals surface area contributed by atoms with Crippen LogP contribution in [0, 0.1) is 5.82 Å². The average Bonchev–Trinajstić information content (AvgIpc) is 2.73. The van der Waals surface area contributed by atoms with E-state index < -0.39 is 5.82 Å². The summed E-state index contributed by atoms with van der Waals surface area (Å²) < 4.78 is 16.2. The fraction of sp³-hybridized carbons (Fsp3) is 0. The Bertz CT molecular complexity index is 880. The Morgan fingerprint density at radius 2 is 1.81 bits per heavy atom. The molecule has 3 aromatic rings. The maximum absolute atomic E-state index is 13.6. The second kappa shape index (κ2) is 5.43. The number of rotatable bonds is 1. The van der Waals surface area contributed by atoms with Crippen LogP contribution in [0.15, 0.2) is 33.2 Å². The number of benzene rings is 2. The van der Waals surface area contributed by atoms with Gasteiger partial charge in [-0.2, -0.15) is 0 Å². The molecule has 0 fully saturated rings. The predicted octanol–water partition coefficient (Wildman–Crippen LogP) is 5.58. The molecule has 0 saturated heterocycles. The molecule has 0 amide bonds.